The van der Waals surface area contributed by atoms with Crippen LogP contribution in [0.2, 0.25) is 0 Å². The summed E-state index contributed by atoms with van der Waals surface area (Å²) >= 11 is 1.41. The van der Waals surface area contributed by atoms with Crippen LogP contribution in [-0.4, -0.2) is 21.9 Å². The third kappa shape index (κ3) is 3.31. The summed E-state index contributed by atoms with van der Waals surface area (Å²) in [6, 6.07) is 9.86. The summed E-state index contributed by atoms with van der Waals surface area (Å²) in [5, 5.41) is 2.43. The normalized spacial score (nSPS) is 11.5. The molecule has 0 fully saturated rings. The van der Waals surface area contributed by atoms with Crippen molar-refractivity contribution in [3.05, 3.63) is 75.8 Å². The number of aromatic nitrogens is 2. The van der Waals surface area contributed by atoms with Gasteiger partial charge in [0.2, 0.25) is 0 Å². The molecule has 7 heteroatoms. The molecule has 0 atom stereocenters. The number of hydrogen-bond donors (Lipinski definition) is 1. The zero-order valence-corrected chi connectivity index (χ0v) is 14.8. The van der Waals surface area contributed by atoms with Crippen LogP contribution in [0.4, 0.5) is 4.39 Å². The van der Waals surface area contributed by atoms with Crippen molar-refractivity contribution in [2.24, 2.45) is 0 Å². The molecule has 132 valence electrons. The first kappa shape index (κ1) is 16.7. The maximum absolute atomic E-state index is 13.1. The van der Waals surface area contributed by atoms with Gasteiger partial charge in [0.1, 0.15) is 22.2 Å². The van der Waals surface area contributed by atoms with E-state index in [9.17, 15) is 9.18 Å². The molecule has 4 rings (SSSR count). The minimum Gasteiger partial charge on any atom is -0.468 e. The highest BCUT2D eigenvalue weighted by molar-refractivity contribution is 7.17. The van der Waals surface area contributed by atoms with Gasteiger partial charge in [-0.05, 0) is 36.9 Å². The molecule has 0 aliphatic heterocycles. The van der Waals surface area contributed by atoms with E-state index in [4.69, 9.17) is 4.42 Å². The smallest absolute Gasteiger partial charge is 0.260 e. The topological polar surface area (TPSA) is 62.1 Å². The lowest BCUT2D eigenvalue weighted by Gasteiger charge is -2.14. The Bertz CT molecular complexity index is 1080. The number of halogens is 1. The number of H-pyrrole nitrogens is 1. The molecule has 0 spiro atoms. The van der Waals surface area contributed by atoms with Gasteiger partial charge < -0.3 is 9.40 Å². The minimum atomic E-state index is -0.304. The quantitative estimate of drug-likeness (QED) is 0.577. The minimum absolute atomic E-state index is 0.183. The van der Waals surface area contributed by atoms with Crippen LogP contribution >= 0.6 is 11.3 Å². The lowest BCUT2D eigenvalue weighted by atomic mass is 10.1. The molecule has 26 heavy (non-hydrogen) atoms. The molecule has 0 saturated heterocycles. The molecule has 0 unspecified atom stereocenters. The average molecular weight is 369 g/mol. The molecule has 0 aliphatic carbocycles. The van der Waals surface area contributed by atoms with Crippen LogP contribution in [0.1, 0.15) is 11.6 Å². The van der Waals surface area contributed by atoms with E-state index in [1.807, 2.05) is 29.5 Å². The van der Waals surface area contributed by atoms with Gasteiger partial charge in [0.05, 0.1) is 24.7 Å². The predicted octanol–water partition coefficient (Wildman–Crippen LogP) is 4.02. The molecular formula is C19H16FN3O2S. The van der Waals surface area contributed by atoms with Crippen LogP contribution < -0.4 is 5.56 Å². The number of benzene rings is 1. The molecule has 0 radical (unpaired) electrons. The number of thiophene rings is 1. The average Bonchev–Trinajstić information content (AvgIpc) is 3.25. The molecule has 0 amide bonds. The maximum atomic E-state index is 13.1. The first-order chi connectivity index (χ1) is 12.6. The summed E-state index contributed by atoms with van der Waals surface area (Å²) in [6.07, 6.45) is 1.64. The fourth-order valence-electron chi connectivity index (χ4n) is 2.89. The van der Waals surface area contributed by atoms with Crippen molar-refractivity contribution in [2.75, 3.05) is 7.05 Å². The van der Waals surface area contributed by atoms with Gasteiger partial charge in [-0.25, -0.2) is 9.37 Å². The molecule has 3 heterocycles. The van der Waals surface area contributed by atoms with Crippen LogP contribution in [0.15, 0.2) is 57.3 Å². The van der Waals surface area contributed by atoms with E-state index < -0.39 is 0 Å². The summed E-state index contributed by atoms with van der Waals surface area (Å²) in [7, 11) is 1.94. The standard InChI is InChI=1S/C19H16FN3O2S/c1-23(9-14-3-2-8-25-14)10-16-21-18(24)17-15(11-26-19(17)22-16)12-4-6-13(20)7-5-12/h2-8,11H,9-10H2,1H3,(H,21,22,24). The Hall–Kier alpha value is -2.77. The predicted molar refractivity (Wildman–Crippen MR) is 99.5 cm³/mol. The molecule has 0 aliphatic rings. The van der Waals surface area contributed by atoms with Crippen LogP contribution in [0, 0.1) is 5.82 Å². The molecule has 5 nitrogen and oxygen atoms in total. The van der Waals surface area contributed by atoms with Crippen molar-refractivity contribution >= 4 is 21.6 Å². The Morgan fingerprint density at radius 1 is 1.23 bits per heavy atom. The number of rotatable bonds is 5. The SMILES string of the molecule is CN(Cc1nc2scc(-c3ccc(F)cc3)c2c(=O)[nH]1)Cc1ccco1. The number of fused-ring (bicyclic) bond motifs is 1. The number of furan rings is 1. The fourth-order valence-corrected chi connectivity index (χ4v) is 3.86. The molecule has 1 N–H and O–H groups in total. The van der Waals surface area contributed by atoms with Gasteiger partial charge in [-0.3, -0.25) is 9.69 Å². The fraction of sp³-hybridized carbons (Fsp3) is 0.158. The van der Waals surface area contributed by atoms with Gasteiger partial charge in [0.15, 0.2) is 0 Å². The summed E-state index contributed by atoms with van der Waals surface area (Å²) in [5.41, 5.74) is 1.39. The van der Waals surface area contributed by atoms with E-state index in [0.29, 0.717) is 29.1 Å². The molecule has 3 aromatic heterocycles. The molecule has 0 bridgehead atoms. The number of hydrogen-bond acceptors (Lipinski definition) is 5. The Kier molecular flexibility index (Phi) is 4.40. The van der Waals surface area contributed by atoms with Gasteiger partial charge in [0.25, 0.3) is 5.56 Å². The first-order valence-electron chi connectivity index (χ1n) is 8.07. The third-order valence-electron chi connectivity index (χ3n) is 4.07. The van der Waals surface area contributed by atoms with Crippen LogP contribution in [0.25, 0.3) is 21.3 Å². The van der Waals surface area contributed by atoms with E-state index in [0.717, 1.165) is 16.9 Å². The Labute approximate surface area is 152 Å². The van der Waals surface area contributed by atoms with Gasteiger partial charge in [-0.15, -0.1) is 11.3 Å². The van der Waals surface area contributed by atoms with Crippen LogP contribution in [0.5, 0.6) is 0 Å². The highest BCUT2D eigenvalue weighted by Gasteiger charge is 2.14. The van der Waals surface area contributed by atoms with Crippen LogP contribution in [0.3, 0.4) is 0 Å². The maximum Gasteiger partial charge on any atom is 0.260 e. The Balaban J connectivity index is 1.63. The summed E-state index contributed by atoms with van der Waals surface area (Å²) < 4.78 is 18.5. The second-order valence-corrected chi connectivity index (χ2v) is 6.96. The van der Waals surface area contributed by atoms with Gasteiger partial charge in [-0.1, -0.05) is 12.1 Å². The molecular weight excluding hydrogens is 353 g/mol. The van der Waals surface area contributed by atoms with Gasteiger partial charge >= 0.3 is 0 Å². The Morgan fingerprint density at radius 3 is 2.77 bits per heavy atom. The van der Waals surface area contributed by atoms with Crippen molar-refractivity contribution in [3.63, 3.8) is 0 Å². The summed E-state index contributed by atoms with van der Waals surface area (Å²) in [4.78, 5) is 22.8. The van der Waals surface area contributed by atoms with Gasteiger partial charge in [0, 0.05) is 10.9 Å². The monoisotopic (exact) mass is 369 g/mol. The largest absolute Gasteiger partial charge is 0.468 e. The number of aromatic amines is 1. The highest BCUT2D eigenvalue weighted by Crippen LogP contribution is 2.30. The number of nitrogens with zero attached hydrogens (tertiary/aromatic N) is 2. The summed E-state index contributed by atoms with van der Waals surface area (Å²) in [6.45, 7) is 1.12. The van der Waals surface area contributed by atoms with Crippen molar-refractivity contribution < 1.29 is 8.81 Å². The van der Waals surface area contributed by atoms with Crippen molar-refractivity contribution in [2.45, 2.75) is 13.1 Å². The van der Waals surface area contributed by atoms with E-state index in [-0.39, 0.29) is 11.4 Å². The van der Waals surface area contributed by atoms with E-state index in [2.05, 4.69) is 9.97 Å². The lowest BCUT2D eigenvalue weighted by molar-refractivity contribution is 0.281. The van der Waals surface area contributed by atoms with Crippen molar-refractivity contribution in [1.29, 1.82) is 0 Å². The van der Waals surface area contributed by atoms with Crippen molar-refractivity contribution in [1.82, 2.24) is 14.9 Å². The second kappa shape index (κ2) is 6.86. The molecule has 1 aromatic carbocycles. The second-order valence-electron chi connectivity index (χ2n) is 6.10. The zero-order valence-electron chi connectivity index (χ0n) is 14.0. The van der Waals surface area contributed by atoms with E-state index >= 15 is 0 Å². The Morgan fingerprint density at radius 2 is 2.04 bits per heavy atom. The van der Waals surface area contributed by atoms with E-state index in [1.54, 1.807) is 18.4 Å². The zero-order chi connectivity index (χ0) is 18.1. The molecule has 4 aromatic rings. The highest BCUT2D eigenvalue weighted by atomic mass is 32.1. The van der Waals surface area contributed by atoms with Crippen molar-refractivity contribution in [3.8, 4) is 11.1 Å². The first-order valence-corrected chi connectivity index (χ1v) is 8.95. The third-order valence-corrected chi connectivity index (χ3v) is 4.95. The lowest BCUT2D eigenvalue weighted by Crippen LogP contribution is -2.21. The van der Waals surface area contributed by atoms with Gasteiger partial charge in [-0.2, -0.15) is 0 Å². The molecule has 0 saturated carbocycles. The van der Waals surface area contributed by atoms with E-state index in [1.165, 1.54) is 23.5 Å². The van der Waals surface area contributed by atoms with Crippen LogP contribution in [-0.2, 0) is 13.1 Å². The summed E-state index contributed by atoms with van der Waals surface area (Å²) in [5.74, 6) is 1.15. The number of nitrogens with one attached hydrogen (secondary N) is 1.